The van der Waals surface area contributed by atoms with Crippen molar-refractivity contribution >= 4 is 46.2 Å². The molecule has 0 fully saturated rings. The van der Waals surface area contributed by atoms with Crippen LogP contribution in [0.25, 0.3) is 6.08 Å². The first-order chi connectivity index (χ1) is 10.1. The maximum absolute atomic E-state index is 11.6. The number of benzene rings is 1. The van der Waals surface area contributed by atoms with Crippen LogP contribution in [0.3, 0.4) is 0 Å². The Morgan fingerprint density at radius 2 is 2.00 bits per heavy atom. The lowest BCUT2D eigenvalue weighted by molar-refractivity contribution is -0.142. The zero-order chi connectivity index (χ0) is 15.1. The quantitative estimate of drug-likeness (QED) is 0.479. The van der Waals surface area contributed by atoms with Gasteiger partial charge in [0.2, 0.25) is 0 Å². The summed E-state index contributed by atoms with van der Waals surface area (Å²) >= 11 is 2.17. The lowest BCUT2D eigenvalue weighted by atomic mass is 10.3. The number of hydrogen-bond acceptors (Lipinski definition) is 4. The Labute approximate surface area is 135 Å². The van der Waals surface area contributed by atoms with Crippen molar-refractivity contribution in [3.63, 3.8) is 0 Å². The predicted molar refractivity (Wildman–Crippen MR) is 86.5 cm³/mol. The van der Waals surface area contributed by atoms with Crippen molar-refractivity contribution in [3.8, 4) is 0 Å². The molecule has 108 valence electrons. The minimum absolute atomic E-state index is 0.340. The summed E-state index contributed by atoms with van der Waals surface area (Å²) < 4.78 is 10.9. The molecule has 0 saturated heterocycles. The molecule has 6 heteroatoms. The predicted octanol–water partition coefficient (Wildman–Crippen LogP) is 3.08. The van der Waals surface area contributed by atoms with Gasteiger partial charge in [-0.25, -0.2) is 4.79 Å². The van der Waals surface area contributed by atoms with Crippen LogP contribution in [0.2, 0.25) is 0 Å². The first-order valence-electron chi connectivity index (χ1n) is 6.07. The smallest absolute Gasteiger partial charge is 0.331 e. The minimum atomic E-state index is -0.607. The highest BCUT2D eigenvalue weighted by atomic mass is 127. The molecule has 0 aliphatic rings. The molecule has 1 heterocycles. The van der Waals surface area contributed by atoms with Gasteiger partial charge in [0, 0.05) is 15.3 Å². The fraction of sp³-hybridized carbons (Fsp3) is 0.0667. The average Bonchev–Trinajstić information content (AvgIpc) is 2.99. The SMILES string of the molecule is O=C(COC(=O)/C=C/c1ccco1)Nc1ccc(I)cc1. The maximum atomic E-state index is 11.6. The van der Waals surface area contributed by atoms with E-state index in [9.17, 15) is 9.59 Å². The fourth-order valence-corrected chi connectivity index (χ4v) is 1.81. The zero-order valence-corrected chi connectivity index (χ0v) is 13.1. The highest BCUT2D eigenvalue weighted by molar-refractivity contribution is 14.1. The Hall–Kier alpha value is -2.09. The number of carbonyl (C=O) groups excluding carboxylic acids is 2. The number of furan rings is 1. The molecule has 0 bridgehead atoms. The molecule has 2 rings (SSSR count). The van der Waals surface area contributed by atoms with Gasteiger partial charge in [0.15, 0.2) is 6.61 Å². The number of rotatable bonds is 5. The van der Waals surface area contributed by atoms with Crippen molar-refractivity contribution < 1.29 is 18.7 Å². The molecule has 1 aromatic heterocycles. The summed E-state index contributed by atoms with van der Waals surface area (Å²) in [6.07, 6.45) is 4.18. The number of halogens is 1. The van der Waals surface area contributed by atoms with E-state index in [2.05, 4.69) is 27.9 Å². The van der Waals surface area contributed by atoms with Crippen LogP contribution in [0.5, 0.6) is 0 Å². The van der Waals surface area contributed by atoms with Gasteiger partial charge in [-0.2, -0.15) is 0 Å². The van der Waals surface area contributed by atoms with Crippen LogP contribution in [0.4, 0.5) is 5.69 Å². The van der Waals surface area contributed by atoms with Crippen molar-refractivity contribution in [3.05, 3.63) is 58.1 Å². The molecule has 0 unspecified atom stereocenters. The van der Waals surface area contributed by atoms with Crippen LogP contribution in [-0.2, 0) is 14.3 Å². The molecule has 0 aliphatic heterocycles. The molecular weight excluding hydrogens is 385 g/mol. The van der Waals surface area contributed by atoms with Crippen LogP contribution >= 0.6 is 22.6 Å². The largest absolute Gasteiger partial charge is 0.465 e. The number of esters is 1. The number of carbonyl (C=O) groups is 2. The Kier molecular flexibility index (Phi) is 5.56. The molecule has 1 N–H and O–H groups in total. The lowest BCUT2D eigenvalue weighted by Gasteiger charge is -2.05. The van der Waals surface area contributed by atoms with E-state index in [1.807, 2.05) is 12.1 Å². The Balaban J connectivity index is 1.75. The van der Waals surface area contributed by atoms with E-state index in [4.69, 9.17) is 9.15 Å². The summed E-state index contributed by atoms with van der Waals surface area (Å²) in [6.45, 7) is -0.340. The van der Waals surface area contributed by atoms with E-state index in [0.717, 1.165) is 3.57 Å². The van der Waals surface area contributed by atoms with Crippen molar-refractivity contribution in [1.82, 2.24) is 0 Å². The third-order valence-electron chi connectivity index (χ3n) is 2.40. The molecule has 2 aromatic rings. The van der Waals surface area contributed by atoms with Crippen molar-refractivity contribution in [2.45, 2.75) is 0 Å². The van der Waals surface area contributed by atoms with Crippen LogP contribution < -0.4 is 5.32 Å². The normalized spacial score (nSPS) is 10.5. The number of nitrogens with one attached hydrogen (secondary N) is 1. The van der Waals surface area contributed by atoms with Crippen LogP contribution in [0.15, 0.2) is 53.2 Å². The minimum Gasteiger partial charge on any atom is -0.465 e. The van der Waals surface area contributed by atoms with Gasteiger partial charge in [-0.3, -0.25) is 4.79 Å². The highest BCUT2D eigenvalue weighted by Gasteiger charge is 2.05. The first kappa shape index (κ1) is 15.3. The second-order valence-electron chi connectivity index (χ2n) is 4.01. The van der Waals surface area contributed by atoms with E-state index in [0.29, 0.717) is 11.4 Å². The van der Waals surface area contributed by atoms with Gasteiger partial charge in [0.1, 0.15) is 5.76 Å². The molecule has 0 atom stereocenters. The molecule has 1 amide bonds. The molecule has 21 heavy (non-hydrogen) atoms. The zero-order valence-electron chi connectivity index (χ0n) is 10.9. The summed E-state index contributed by atoms with van der Waals surface area (Å²) in [5.74, 6) is -0.463. The molecule has 0 aliphatic carbocycles. The second-order valence-corrected chi connectivity index (χ2v) is 5.26. The van der Waals surface area contributed by atoms with Crippen molar-refractivity contribution in [2.75, 3.05) is 11.9 Å². The topological polar surface area (TPSA) is 68.5 Å². The lowest BCUT2D eigenvalue weighted by Crippen LogP contribution is -2.20. The summed E-state index contributed by atoms with van der Waals surface area (Å²) in [6, 6.07) is 10.7. The van der Waals surface area contributed by atoms with Crippen LogP contribution in [0, 0.1) is 3.57 Å². The van der Waals surface area contributed by atoms with Gasteiger partial charge in [0.25, 0.3) is 5.91 Å². The van der Waals surface area contributed by atoms with Gasteiger partial charge in [0.05, 0.1) is 6.26 Å². The highest BCUT2D eigenvalue weighted by Crippen LogP contribution is 2.10. The first-order valence-corrected chi connectivity index (χ1v) is 7.15. The van der Waals surface area contributed by atoms with Crippen LogP contribution in [0.1, 0.15) is 5.76 Å². The Bertz CT molecular complexity index is 632. The molecule has 1 aromatic carbocycles. The van der Waals surface area contributed by atoms with Gasteiger partial charge >= 0.3 is 5.97 Å². The number of anilines is 1. The van der Waals surface area contributed by atoms with Crippen molar-refractivity contribution in [1.29, 1.82) is 0 Å². The number of ether oxygens (including phenoxy) is 1. The summed E-state index contributed by atoms with van der Waals surface area (Å²) in [5, 5.41) is 2.63. The third-order valence-corrected chi connectivity index (χ3v) is 3.12. The maximum Gasteiger partial charge on any atom is 0.331 e. The van der Waals surface area contributed by atoms with Crippen molar-refractivity contribution in [2.24, 2.45) is 0 Å². The molecule has 5 nitrogen and oxygen atoms in total. The third kappa shape index (κ3) is 5.42. The molecule has 0 saturated carbocycles. The molecular formula is C15H12INO4. The van der Waals surface area contributed by atoms with Crippen LogP contribution in [-0.4, -0.2) is 18.5 Å². The summed E-state index contributed by atoms with van der Waals surface area (Å²) in [7, 11) is 0. The average molecular weight is 397 g/mol. The Morgan fingerprint density at radius 1 is 1.24 bits per heavy atom. The van der Waals surface area contributed by atoms with E-state index in [1.54, 1.807) is 24.3 Å². The molecule has 0 radical (unpaired) electrons. The summed E-state index contributed by atoms with van der Waals surface area (Å²) in [4.78, 5) is 23.0. The number of amides is 1. The van der Waals surface area contributed by atoms with E-state index < -0.39 is 11.9 Å². The fourth-order valence-electron chi connectivity index (χ4n) is 1.45. The van der Waals surface area contributed by atoms with E-state index in [-0.39, 0.29) is 6.61 Å². The van der Waals surface area contributed by atoms with Gasteiger partial charge in [-0.1, -0.05) is 0 Å². The van der Waals surface area contributed by atoms with Gasteiger partial charge < -0.3 is 14.5 Å². The van der Waals surface area contributed by atoms with E-state index in [1.165, 1.54) is 18.4 Å². The summed E-state index contributed by atoms with van der Waals surface area (Å²) in [5.41, 5.74) is 0.655. The number of hydrogen-bond donors (Lipinski definition) is 1. The Morgan fingerprint density at radius 3 is 2.67 bits per heavy atom. The monoisotopic (exact) mass is 397 g/mol. The second kappa shape index (κ2) is 7.63. The molecule has 0 spiro atoms. The standard InChI is InChI=1S/C15H12INO4/c16-11-3-5-12(6-4-11)17-14(18)10-21-15(19)8-7-13-2-1-9-20-13/h1-9H,10H2,(H,17,18)/b8-7+. The van der Waals surface area contributed by atoms with E-state index >= 15 is 0 Å². The van der Waals surface area contributed by atoms with Gasteiger partial charge in [-0.05, 0) is 65.1 Å². The van der Waals surface area contributed by atoms with Gasteiger partial charge in [-0.15, -0.1) is 0 Å².